The summed E-state index contributed by atoms with van der Waals surface area (Å²) in [5.41, 5.74) is 2.10. The highest BCUT2D eigenvalue weighted by atomic mass is 19.1. The SMILES string of the molecule is Cc1cc(F)cc(CC(C)C)c1. The average molecular weight is 166 g/mol. The van der Waals surface area contributed by atoms with Gasteiger partial charge in [-0.15, -0.1) is 0 Å². The third-order valence-corrected chi connectivity index (χ3v) is 1.75. The van der Waals surface area contributed by atoms with Gasteiger partial charge in [0.15, 0.2) is 0 Å². The molecular formula is C11H15F. The van der Waals surface area contributed by atoms with E-state index in [0.717, 1.165) is 17.5 Å². The van der Waals surface area contributed by atoms with E-state index in [1.165, 1.54) is 0 Å². The summed E-state index contributed by atoms with van der Waals surface area (Å²) in [6, 6.07) is 5.22. The second-order valence-corrected chi connectivity index (χ2v) is 3.73. The van der Waals surface area contributed by atoms with Crippen LogP contribution in [0.1, 0.15) is 25.0 Å². The highest BCUT2D eigenvalue weighted by molar-refractivity contribution is 5.23. The largest absolute Gasteiger partial charge is 0.207 e. The number of benzene rings is 1. The quantitative estimate of drug-likeness (QED) is 0.632. The van der Waals surface area contributed by atoms with E-state index in [0.29, 0.717) is 5.92 Å². The van der Waals surface area contributed by atoms with Crippen LogP contribution in [0.25, 0.3) is 0 Å². The molecule has 0 heterocycles. The molecule has 1 rings (SSSR count). The van der Waals surface area contributed by atoms with Gasteiger partial charge in [0.1, 0.15) is 5.82 Å². The Balaban J connectivity index is 2.85. The predicted molar refractivity (Wildman–Crippen MR) is 49.7 cm³/mol. The van der Waals surface area contributed by atoms with E-state index in [9.17, 15) is 4.39 Å². The zero-order valence-corrected chi connectivity index (χ0v) is 7.89. The van der Waals surface area contributed by atoms with Crippen molar-refractivity contribution in [2.75, 3.05) is 0 Å². The van der Waals surface area contributed by atoms with E-state index < -0.39 is 0 Å². The molecule has 0 atom stereocenters. The van der Waals surface area contributed by atoms with Crippen molar-refractivity contribution in [3.8, 4) is 0 Å². The first-order valence-electron chi connectivity index (χ1n) is 4.34. The molecule has 0 aliphatic carbocycles. The normalized spacial score (nSPS) is 10.8. The molecule has 0 radical (unpaired) electrons. The predicted octanol–water partition coefficient (Wildman–Crippen LogP) is 3.33. The van der Waals surface area contributed by atoms with Gasteiger partial charge in [-0.25, -0.2) is 4.39 Å². The van der Waals surface area contributed by atoms with E-state index in [4.69, 9.17) is 0 Å². The molecular weight excluding hydrogens is 151 g/mol. The molecule has 1 heteroatoms. The Morgan fingerprint density at radius 3 is 2.42 bits per heavy atom. The molecule has 0 bridgehead atoms. The van der Waals surface area contributed by atoms with Gasteiger partial charge in [0.05, 0.1) is 0 Å². The van der Waals surface area contributed by atoms with Crippen LogP contribution in [0.4, 0.5) is 4.39 Å². The molecule has 66 valence electrons. The number of halogens is 1. The molecule has 0 nitrogen and oxygen atoms in total. The second-order valence-electron chi connectivity index (χ2n) is 3.73. The molecule has 0 aliphatic rings. The fourth-order valence-electron chi connectivity index (χ4n) is 1.40. The first kappa shape index (κ1) is 9.24. The second kappa shape index (κ2) is 3.70. The standard InChI is InChI=1S/C11H15F/c1-8(2)4-10-5-9(3)6-11(12)7-10/h5-8H,4H2,1-3H3. The maximum atomic E-state index is 12.9. The van der Waals surface area contributed by atoms with E-state index >= 15 is 0 Å². The first-order valence-corrected chi connectivity index (χ1v) is 4.34. The van der Waals surface area contributed by atoms with Crippen LogP contribution in [-0.4, -0.2) is 0 Å². The molecule has 12 heavy (non-hydrogen) atoms. The Labute approximate surface area is 73.4 Å². The highest BCUT2D eigenvalue weighted by Gasteiger charge is 2.00. The lowest BCUT2D eigenvalue weighted by Crippen LogP contribution is -1.95. The van der Waals surface area contributed by atoms with E-state index in [2.05, 4.69) is 13.8 Å². The van der Waals surface area contributed by atoms with Crippen molar-refractivity contribution in [1.29, 1.82) is 0 Å². The number of hydrogen-bond acceptors (Lipinski definition) is 0. The minimum Gasteiger partial charge on any atom is -0.207 e. The summed E-state index contributed by atoms with van der Waals surface area (Å²) in [6.07, 6.45) is 0.957. The Bertz CT molecular complexity index is 243. The van der Waals surface area contributed by atoms with Gasteiger partial charge in [-0.2, -0.15) is 0 Å². The summed E-state index contributed by atoms with van der Waals surface area (Å²) in [7, 11) is 0. The van der Waals surface area contributed by atoms with Crippen molar-refractivity contribution in [1.82, 2.24) is 0 Å². The Morgan fingerprint density at radius 2 is 1.92 bits per heavy atom. The lowest BCUT2D eigenvalue weighted by atomic mass is 10.0. The van der Waals surface area contributed by atoms with Crippen molar-refractivity contribution in [2.45, 2.75) is 27.2 Å². The van der Waals surface area contributed by atoms with Crippen LogP contribution in [0.2, 0.25) is 0 Å². The van der Waals surface area contributed by atoms with Gasteiger partial charge in [0.25, 0.3) is 0 Å². The van der Waals surface area contributed by atoms with Gasteiger partial charge in [0.2, 0.25) is 0 Å². The summed E-state index contributed by atoms with van der Waals surface area (Å²) < 4.78 is 12.9. The number of rotatable bonds is 2. The van der Waals surface area contributed by atoms with Crippen molar-refractivity contribution < 1.29 is 4.39 Å². The zero-order chi connectivity index (χ0) is 9.14. The third-order valence-electron chi connectivity index (χ3n) is 1.75. The van der Waals surface area contributed by atoms with Crippen molar-refractivity contribution in [2.24, 2.45) is 5.92 Å². The summed E-state index contributed by atoms with van der Waals surface area (Å²) in [5, 5.41) is 0. The Hall–Kier alpha value is -0.850. The first-order chi connectivity index (χ1) is 5.58. The van der Waals surface area contributed by atoms with E-state index in [1.54, 1.807) is 12.1 Å². The molecule has 0 aromatic heterocycles. The van der Waals surface area contributed by atoms with Gasteiger partial charge in [-0.1, -0.05) is 19.9 Å². The van der Waals surface area contributed by atoms with E-state index in [1.807, 2.05) is 13.0 Å². The molecule has 1 aromatic rings. The van der Waals surface area contributed by atoms with Crippen molar-refractivity contribution in [3.05, 3.63) is 35.1 Å². The molecule has 0 unspecified atom stereocenters. The minimum absolute atomic E-state index is 0.120. The van der Waals surface area contributed by atoms with Gasteiger partial charge in [-0.3, -0.25) is 0 Å². The fraction of sp³-hybridized carbons (Fsp3) is 0.455. The van der Waals surface area contributed by atoms with Crippen LogP contribution in [0.3, 0.4) is 0 Å². The lowest BCUT2D eigenvalue weighted by molar-refractivity contribution is 0.611. The Morgan fingerprint density at radius 1 is 1.25 bits per heavy atom. The monoisotopic (exact) mass is 166 g/mol. The van der Waals surface area contributed by atoms with Gasteiger partial charge < -0.3 is 0 Å². The fourth-order valence-corrected chi connectivity index (χ4v) is 1.40. The minimum atomic E-state index is -0.120. The highest BCUT2D eigenvalue weighted by Crippen LogP contribution is 2.12. The smallest absolute Gasteiger partial charge is 0.123 e. The molecule has 0 saturated heterocycles. The average Bonchev–Trinajstić information content (AvgIpc) is 1.81. The van der Waals surface area contributed by atoms with E-state index in [-0.39, 0.29) is 5.82 Å². The van der Waals surface area contributed by atoms with Crippen LogP contribution in [0.5, 0.6) is 0 Å². The summed E-state index contributed by atoms with van der Waals surface area (Å²) in [4.78, 5) is 0. The molecule has 0 aliphatic heterocycles. The van der Waals surface area contributed by atoms with Gasteiger partial charge in [-0.05, 0) is 42.5 Å². The van der Waals surface area contributed by atoms with Gasteiger partial charge >= 0.3 is 0 Å². The van der Waals surface area contributed by atoms with Crippen molar-refractivity contribution >= 4 is 0 Å². The van der Waals surface area contributed by atoms with Crippen LogP contribution in [0.15, 0.2) is 18.2 Å². The van der Waals surface area contributed by atoms with Crippen LogP contribution >= 0.6 is 0 Å². The molecule has 0 N–H and O–H groups in total. The molecule has 0 saturated carbocycles. The topological polar surface area (TPSA) is 0 Å². The van der Waals surface area contributed by atoms with Crippen molar-refractivity contribution in [3.63, 3.8) is 0 Å². The molecule has 0 amide bonds. The number of aryl methyl sites for hydroxylation is 1. The van der Waals surface area contributed by atoms with Crippen LogP contribution in [0, 0.1) is 18.7 Å². The maximum Gasteiger partial charge on any atom is 0.123 e. The third kappa shape index (κ3) is 2.65. The zero-order valence-electron chi connectivity index (χ0n) is 7.89. The molecule has 0 spiro atoms. The summed E-state index contributed by atoms with van der Waals surface area (Å²) in [6.45, 7) is 6.20. The maximum absolute atomic E-state index is 12.9. The molecule has 1 aromatic carbocycles. The Kier molecular flexibility index (Phi) is 2.85. The molecule has 0 fully saturated rings. The van der Waals surface area contributed by atoms with Crippen LogP contribution in [-0.2, 0) is 6.42 Å². The summed E-state index contributed by atoms with van der Waals surface area (Å²) in [5.74, 6) is 0.469. The van der Waals surface area contributed by atoms with Crippen LogP contribution < -0.4 is 0 Å². The lowest BCUT2D eigenvalue weighted by Gasteiger charge is -2.05. The number of hydrogen-bond donors (Lipinski definition) is 0. The summed E-state index contributed by atoms with van der Waals surface area (Å²) >= 11 is 0. The van der Waals surface area contributed by atoms with Gasteiger partial charge in [0, 0.05) is 0 Å².